The molecule has 0 N–H and O–H groups in total. The van der Waals surface area contributed by atoms with Crippen LogP contribution in [-0.2, 0) is 6.54 Å². The van der Waals surface area contributed by atoms with E-state index in [0.29, 0.717) is 6.54 Å². The SMILES string of the molecule is [N-]=[N+]=NCc1c(I)cc(I)cc1I. The minimum absolute atomic E-state index is 0.434. The number of benzene rings is 1. The van der Waals surface area contributed by atoms with Crippen molar-refractivity contribution in [1.29, 1.82) is 0 Å². The van der Waals surface area contributed by atoms with Crippen LogP contribution in [0.1, 0.15) is 5.56 Å². The largest absolute Gasteiger partial charge is 0.0892 e. The molecule has 0 aliphatic carbocycles. The van der Waals surface area contributed by atoms with Crippen molar-refractivity contribution in [2.45, 2.75) is 6.54 Å². The lowest BCUT2D eigenvalue weighted by Gasteiger charge is -2.04. The lowest BCUT2D eigenvalue weighted by Crippen LogP contribution is -1.92. The second-order valence-electron chi connectivity index (χ2n) is 2.24. The maximum absolute atomic E-state index is 8.22. The number of halogens is 3. The fourth-order valence-electron chi connectivity index (χ4n) is 0.825. The standard InChI is InChI=1S/C7H4I3N3/c8-4-1-6(9)5(3-12-13-11)7(10)2-4/h1-2H,3H2. The van der Waals surface area contributed by atoms with Crippen molar-refractivity contribution in [2.75, 3.05) is 0 Å². The van der Waals surface area contributed by atoms with Gasteiger partial charge in [0.1, 0.15) is 0 Å². The molecule has 0 amide bonds. The summed E-state index contributed by atoms with van der Waals surface area (Å²) in [7, 11) is 0. The highest BCUT2D eigenvalue weighted by Gasteiger charge is 2.04. The molecule has 13 heavy (non-hydrogen) atoms. The summed E-state index contributed by atoms with van der Waals surface area (Å²) in [5.74, 6) is 0. The Balaban J connectivity index is 3.12. The number of hydrogen-bond acceptors (Lipinski definition) is 1. The lowest BCUT2D eigenvalue weighted by molar-refractivity contribution is 1.03. The van der Waals surface area contributed by atoms with Crippen molar-refractivity contribution in [1.82, 2.24) is 0 Å². The summed E-state index contributed by atoms with van der Waals surface area (Å²) in [5, 5.41) is 3.56. The first-order valence-electron chi connectivity index (χ1n) is 3.29. The van der Waals surface area contributed by atoms with Crippen LogP contribution < -0.4 is 0 Å². The summed E-state index contributed by atoms with van der Waals surface area (Å²) in [6, 6.07) is 4.15. The number of azide groups is 1. The molecule has 0 spiro atoms. The van der Waals surface area contributed by atoms with Gasteiger partial charge in [0.25, 0.3) is 0 Å². The molecule has 0 fully saturated rings. The molecule has 6 heteroatoms. The molecule has 0 unspecified atom stereocenters. The van der Waals surface area contributed by atoms with Crippen LogP contribution in [0.5, 0.6) is 0 Å². The molecule has 1 aromatic carbocycles. The highest BCUT2D eigenvalue weighted by Crippen LogP contribution is 2.23. The van der Waals surface area contributed by atoms with Gasteiger partial charge in [-0.1, -0.05) is 5.11 Å². The quantitative estimate of drug-likeness (QED) is 0.246. The van der Waals surface area contributed by atoms with Crippen molar-refractivity contribution in [2.24, 2.45) is 5.11 Å². The van der Waals surface area contributed by atoms with Gasteiger partial charge in [-0.05, 0) is 91.0 Å². The van der Waals surface area contributed by atoms with Crippen molar-refractivity contribution in [3.63, 3.8) is 0 Å². The predicted octanol–water partition coefficient (Wildman–Crippen LogP) is 4.31. The van der Waals surface area contributed by atoms with Gasteiger partial charge in [-0.2, -0.15) is 0 Å². The molecule has 0 radical (unpaired) electrons. The highest BCUT2D eigenvalue weighted by molar-refractivity contribution is 14.1. The Morgan fingerprint density at radius 2 is 1.77 bits per heavy atom. The van der Waals surface area contributed by atoms with E-state index in [2.05, 4.69) is 89.9 Å². The summed E-state index contributed by atoms with van der Waals surface area (Å²) in [5.41, 5.74) is 9.33. The maximum Gasteiger partial charge on any atom is 0.0531 e. The number of rotatable bonds is 2. The van der Waals surface area contributed by atoms with Crippen molar-refractivity contribution in [3.8, 4) is 0 Å². The van der Waals surface area contributed by atoms with Gasteiger partial charge in [0, 0.05) is 15.6 Å². The summed E-state index contributed by atoms with van der Waals surface area (Å²) in [6.45, 7) is 0.434. The van der Waals surface area contributed by atoms with E-state index in [9.17, 15) is 0 Å². The van der Waals surface area contributed by atoms with E-state index in [4.69, 9.17) is 5.53 Å². The zero-order chi connectivity index (χ0) is 9.84. The van der Waals surface area contributed by atoms with E-state index in [0.717, 1.165) is 12.7 Å². The molecule has 0 aliphatic rings. The van der Waals surface area contributed by atoms with Gasteiger partial charge in [-0.25, -0.2) is 0 Å². The third-order valence-electron chi connectivity index (χ3n) is 1.40. The Bertz CT molecular complexity index is 348. The van der Waals surface area contributed by atoms with Crippen LogP contribution in [0, 0.1) is 10.7 Å². The first-order valence-corrected chi connectivity index (χ1v) is 6.53. The van der Waals surface area contributed by atoms with E-state index >= 15 is 0 Å². The van der Waals surface area contributed by atoms with Crippen LogP contribution in [0.3, 0.4) is 0 Å². The average molecular weight is 511 g/mol. The molecule has 0 atom stereocenters. The van der Waals surface area contributed by atoms with Crippen LogP contribution in [0.15, 0.2) is 17.2 Å². The summed E-state index contributed by atoms with van der Waals surface area (Å²) >= 11 is 6.79. The van der Waals surface area contributed by atoms with Gasteiger partial charge in [-0.3, -0.25) is 0 Å². The van der Waals surface area contributed by atoms with Crippen molar-refractivity contribution < 1.29 is 0 Å². The molecule has 0 aliphatic heterocycles. The fourth-order valence-corrected chi connectivity index (χ4v) is 4.75. The number of hydrogen-bond donors (Lipinski definition) is 0. The van der Waals surface area contributed by atoms with Gasteiger partial charge in [-0.15, -0.1) is 0 Å². The minimum atomic E-state index is 0.434. The van der Waals surface area contributed by atoms with Gasteiger partial charge in [0.15, 0.2) is 0 Å². The van der Waals surface area contributed by atoms with Gasteiger partial charge < -0.3 is 0 Å². The monoisotopic (exact) mass is 511 g/mol. The molecular weight excluding hydrogens is 507 g/mol. The highest BCUT2D eigenvalue weighted by atomic mass is 127. The van der Waals surface area contributed by atoms with E-state index in [1.165, 1.54) is 3.57 Å². The molecular formula is C7H4I3N3. The molecule has 3 nitrogen and oxygen atoms in total. The molecule has 1 rings (SSSR count). The second kappa shape index (κ2) is 5.56. The first-order chi connectivity index (χ1) is 6.15. The molecule has 0 aromatic heterocycles. The zero-order valence-corrected chi connectivity index (χ0v) is 12.8. The van der Waals surface area contributed by atoms with E-state index in [1.807, 2.05) is 0 Å². The fraction of sp³-hybridized carbons (Fsp3) is 0.143. The van der Waals surface area contributed by atoms with E-state index in [-0.39, 0.29) is 0 Å². The van der Waals surface area contributed by atoms with E-state index in [1.54, 1.807) is 0 Å². The van der Waals surface area contributed by atoms with Gasteiger partial charge >= 0.3 is 0 Å². The molecule has 1 aromatic rings. The Labute approximate surface area is 117 Å². The molecule has 0 saturated heterocycles. The van der Waals surface area contributed by atoms with Crippen LogP contribution in [0.25, 0.3) is 10.4 Å². The maximum atomic E-state index is 8.22. The van der Waals surface area contributed by atoms with Gasteiger partial charge in [0.2, 0.25) is 0 Å². The molecule has 0 saturated carbocycles. The van der Waals surface area contributed by atoms with Crippen LogP contribution in [0.4, 0.5) is 0 Å². The third-order valence-corrected chi connectivity index (χ3v) is 3.95. The Morgan fingerprint density at radius 1 is 1.23 bits per heavy atom. The van der Waals surface area contributed by atoms with Crippen molar-refractivity contribution in [3.05, 3.63) is 38.8 Å². The van der Waals surface area contributed by atoms with Crippen molar-refractivity contribution >= 4 is 67.8 Å². The minimum Gasteiger partial charge on any atom is -0.0892 e. The third kappa shape index (κ3) is 3.40. The Kier molecular flexibility index (Phi) is 5.05. The normalized spacial score (nSPS) is 9.46. The average Bonchev–Trinajstić information content (AvgIpc) is 2.02. The Hall–Kier alpha value is 0.720. The number of nitrogens with zero attached hydrogens (tertiary/aromatic N) is 3. The second-order valence-corrected chi connectivity index (χ2v) is 5.81. The molecule has 0 heterocycles. The lowest BCUT2D eigenvalue weighted by atomic mass is 10.2. The predicted molar refractivity (Wildman–Crippen MR) is 77.4 cm³/mol. The molecule has 0 bridgehead atoms. The first kappa shape index (κ1) is 11.8. The van der Waals surface area contributed by atoms with Crippen LogP contribution >= 0.6 is 67.8 Å². The molecule has 68 valence electrons. The van der Waals surface area contributed by atoms with Gasteiger partial charge in [0.05, 0.1) is 6.54 Å². The summed E-state index contributed by atoms with van der Waals surface area (Å²) in [4.78, 5) is 2.75. The zero-order valence-electron chi connectivity index (χ0n) is 6.34. The summed E-state index contributed by atoms with van der Waals surface area (Å²) in [6.07, 6.45) is 0. The topological polar surface area (TPSA) is 48.8 Å². The summed E-state index contributed by atoms with van der Waals surface area (Å²) < 4.78 is 3.51. The van der Waals surface area contributed by atoms with Crippen LogP contribution in [-0.4, -0.2) is 0 Å². The smallest absolute Gasteiger partial charge is 0.0531 e. The van der Waals surface area contributed by atoms with E-state index < -0.39 is 0 Å². The Morgan fingerprint density at radius 3 is 2.23 bits per heavy atom. The van der Waals surface area contributed by atoms with Crippen LogP contribution in [0.2, 0.25) is 0 Å².